The fourth-order valence-corrected chi connectivity index (χ4v) is 1.65. The van der Waals surface area contributed by atoms with Crippen LogP contribution < -0.4 is 15.8 Å². The summed E-state index contributed by atoms with van der Waals surface area (Å²) in [6.07, 6.45) is 1.53. The first-order chi connectivity index (χ1) is 10.2. The molecule has 0 saturated carbocycles. The monoisotopic (exact) mass is 287 g/mol. The summed E-state index contributed by atoms with van der Waals surface area (Å²) >= 11 is 0. The number of benzene rings is 1. The zero-order chi connectivity index (χ0) is 15.1. The van der Waals surface area contributed by atoms with Gasteiger partial charge in [-0.1, -0.05) is 6.07 Å². The SMILES string of the molecule is COCCOc1ccc(NC(=O)c2cccc(N)c2)cn1. The Morgan fingerprint density at radius 2 is 2.14 bits per heavy atom. The maximum Gasteiger partial charge on any atom is 0.255 e. The van der Waals surface area contributed by atoms with Crippen molar-refractivity contribution in [2.24, 2.45) is 0 Å². The summed E-state index contributed by atoms with van der Waals surface area (Å²) in [5.74, 6) is 0.242. The van der Waals surface area contributed by atoms with E-state index in [0.717, 1.165) is 0 Å². The number of hydrogen-bond donors (Lipinski definition) is 2. The molecule has 110 valence electrons. The standard InChI is InChI=1S/C15H17N3O3/c1-20-7-8-21-14-6-5-13(10-17-14)18-15(19)11-3-2-4-12(16)9-11/h2-6,9-10H,7-8,16H2,1H3,(H,18,19). The molecule has 6 heteroatoms. The van der Waals surface area contributed by atoms with Gasteiger partial charge in [0, 0.05) is 24.4 Å². The predicted octanol–water partition coefficient (Wildman–Crippen LogP) is 1.94. The Labute approximate surface area is 122 Å². The maximum absolute atomic E-state index is 12.0. The molecule has 0 spiro atoms. The lowest BCUT2D eigenvalue weighted by atomic mass is 10.2. The van der Waals surface area contributed by atoms with Crippen molar-refractivity contribution in [1.29, 1.82) is 0 Å². The van der Waals surface area contributed by atoms with E-state index in [-0.39, 0.29) is 5.91 Å². The van der Waals surface area contributed by atoms with Crippen LogP contribution in [0.25, 0.3) is 0 Å². The number of hydrogen-bond acceptors (Lipinski definition) is 5. The number of nitrogens with zero attached hydrogens (tertiary/aromatic N) is 1. The van der Waals surface area contributed by atoms with Crippen molar-refractivity contribution in [3.8, 4) is 5.88 Å². The van der Waals surface area contributed by atoms with Gasteiger partial charge in [0.25, 0.3) is 5.91 Å². The van der Waals surface area contributed by atoms with Crippen molar-refractivity contribution in [1.82, 2.24) is 4.98 Å². The minimum Gasteiger partial charge on any atom is -0.475 e. The summed E-state index contributed by atoms with van der Waals surface area (Å²) in [6.45, 7) is 0.925. The molecule has 0 bridgehead atoms. The first kappa shape index (κ1) is 14.8. The summed E-state index contributed by atoms with van der Waals surface area (Å²) in [5.41, 5.74) is 7.27. The van der Waals surface area contributed by atoms with E-state index in [1.165, 1.54) is 6.20 Å². The molecule has 2 rings (SSSR count). The van der Waals surface area contributed by atoms with Crippen LogP contribution in [0.5, 0.6) is 5.88 Å². The number of anilines is 2. The topological polar surface area (TPSA) is 86.5 Å². The number of pyridine rings is 1. The van der Waals surface area contributed by atoms with Gasteiger partial charge in [-0.15, -0.1) is 0 Å². The molecule has 1 amide bonds. The van der Waals surface area contributed by atoms with Gasteiger partial charge in [-0.3, -0.25) is 4.79 Å². The first-order valence-corrected chi connectivity index (χ1v) is 6.44. The van der Waals surface area contributed by atoms with Crippen molar-refractivity contribution in [2.75, 3.05) is 31.4 Å². The van der Waals surface area contributed by atoms with Gasteiger partial charge in [0.1, 0.15) is 6.61 Å². The normalized spacial score (nSPS) is 10.1. The van der Waals surface area contributed by atoms with E-state index >= 15 is 0 Å². The van der Waals surface area contributed by atoms with E-state index in [2.05, 4.69) is 10.3 Å². The molecule has 6 nitrogen and oxygen atoms in total. The van der Waals surface area contributed by atoms with Gasteiger partial charge < -0.3 is 20.5 Å². The number of ether oxygens (including phenoxy) is 2. The van der Waals surface area contributed by atoms with E-state index in [1.54, 1.807) is 43.5 Å². The molecule has 0 fully saturated rings. The van der Waals surface area contributed by atoms with Gasteiger partial charge in [-0.05, 0) is 24.3 Å². The lowest BCUT2D eigenvalue weighted by molar-refractivity contribution is 0.102. The summed E-state index contributed by atoms with van der Waals surface area (Å²) in [5, 5.41) is 2.74. The number of nitrogen functional groups attached to an aromatic ring is 1. The Morgan fingerprint density at radius 1 is 1.29 bits per heavy atom. The number of carbonyl (C=O) groups excluding carboxylic acids is 1. The number of rotatable bonds is 6. The lowest BCUT2D eigenvalue weighted by Crippen LogP contribution is -2.12. The molecule has 0 aliphatic carbocycles. The Morgan fingerprint density at radius 3 is 2.81 bits per heavy atom. The van der Waals surface area contributed by atoms with Crippen LogP contribution >= 0.6 is 0 Å². The highest BCUT2D eigenvalue weighted by Crippen LogP contribution is 2.14. The largest absolute Gasteiger partial charge is 0.475 e. The van der Waals surface area contributed by atoms with Crippen LogP contribution in [0.3, 0.4) is 0 Å². The van der Waals surface area contributed by atoms with Crippen LogP contribution in [0.4, 0.5) is 11.4 Å². The van der Waals surface area contributed by atoms with Crippen LogP contribution in [0.1, 0.15) is 10.4 Å². The highest BCUT2D eigenvalue weighted by atomic mass is 16.5. The molecular weight excluding hydrogens is 270 g/mol. The zero-order valence-corrected chi connectivity index (χ0v) is 11.7. The van der Waals surface area contributed by atoms with E-state index in [1.807, 2.05) is 0 Å². The smallest absolute Gasteiger partial charge is 0.255 e. The van der Waals surface area contributed by atoms with Crippen LogP contribution in [0, 0.1) is 0 Å². The molecular formula is C15H17N3O3. The van der Waals surface area contributed by atoms with E-state index < -0.39 is 0 Å². The quantitative estimate of drug-likeness (QED) is 0.626. The third-order valence-corrected chi connectivity index (χ3v) is 2.68. The van der Waals surface area contributed by atoms with E-state index in [9.17, 15) is 4.79 Å². The van der Waals surface area contributed by atoms with E-state index in [0.29, 0.717) is 36.0 Å². The number of aromatic nitrogens is 1. The second kappa shape index (κ2) is 7.25. The van der Waals surface area contributed by atoms with Crippen molar-refractivity contribution in [3.05, 3.63) is 48.2 Å². The molecule has 0 aliphatic rings. The summed E-state index contributed by atoms with van der Waals surface area (Å²) in [4.78, 5) is 16.1. The average molecular weight is 287 g/mol. The first-order valence-electron chi connectivity index (χ1n) is 6.44. The van der Waals surface area contributed by atoms with Crippen LogP contribution in [0.15, 0.2) is 42.6 Å². The predicted molar refractivity (Wildman–Crippen MR) is 80.4 cm³/mol. The number of methoxy groups -OCH3 is 1. The highest BCUT2D eigenvalue weighted by molar-refractivity contribution is 6.04. The fourth-order valence-electron chi connectivity index (χ4n) is 1.65. The number of nitrogens with two attached hydrogens (primary N) is 1. The number of carbonyl (C=O) groups is 1. The van der Waals surface area contributed by atoms with Gasteiger partial charge in [0.05, 0.1) is 18.5 Å². The molecule has 0 radical (unpaired) electrons. The fraction of sp³-hybridized carbons (Fsp3) is 0.200. The molecule has 0 aliphatic heterocycles. The van der Waals surface area contributed by atoms with Gasteiger partial charge in [0.2, 0.25) is 5.88 Å². The van der Waals surface area contributed by atoms with Crippen molar-refractivity contribution in [3.63, 3.8) is 0 Å². The summed E-state index contributed by atoms with van der Waals surface area (Å²) in [7, 11) is 1.60. The van der Waals surface area contributed by atoms with Crippen LogP contribution in [-0.4, -0.2) is 31.2 Å². The number of amides is 1. The van der Waals surface area contributed by atoms with Crippen molar-refractivity contribution < 1.29 is 14.3 Å². The Kier molecular flexibility index (Phi) is 5.11. The highest BCUT2D eigenvalue weighted by Gasteiger charge is 2.06. The maximum atomic E-state index is 12.0. The molecule has 21 heavy (non-hydrogen) atoms. The molecule has 1 heterocycles. The van der Waals surface area contributed by atoms with Gasteiger partial charge >= 0.3 is 0 Å². The minimum atomic E-state index is -0.239. The van der Waals surface area contributed by atoms with Crippen molar-refractivity contribution >= 4 is 17.3 Å². The van der Waals surface area contributed by atoms with Crippen molar-refractivity contribution in [2.45, 2.75) is 0 Å². The summed E-state index contributed by atoms with van der Waals surface area (Å²) in [6, 6.07) is 10.2. The molecule has 0 saturated heterocycles. The third kappa shape index (κ3) is 4.47. The average Bonchev–Trinajstić information content (AvgIpc) is 2.49. The Balaban J connectivity index is 1.95. The van der Waals surface area contributed by atoms with Gasteiger partial charge in [-0.25, -0.2) is 4.98 Å². The second-order valence-electron chi connectivity index (χ2n) is 4.31. The lowest BCUT2D eigenvalue weighted by Gasteiger charge is -2.07. The Hall–Kier alpha value is -2.60. The Bertz CT molecular complexity index is 599. The molecule has 1 aromatic heterocycles. The second-order valence-corrected chi connectivity index (χ2v) is 4.31. The summed E-state index contributed by atoms with van der Waals surface area (Å²) < 4.78 is 10.2. The zero-order valence-electron chi connectivity index (χ0n) is 11.7. The molecule has 0 unspecified atom stereocenters. The molecule has 2 aromatic rings. The van der Waals surface area contributed by atoms with E-state index in [4.69, 9.17) is 15.2 Å². The third-order valence-electron chi connectivity index (χ3n) is 2.68. The molecule has 0 atom stereocenters. The minimum absolute atomic E-state index is 0.239. The molecule has 1 aromatic carbocycles. The van der Waals surface area contributed by atoms with Crippen LogP contribution in [0.2, 0.25) is 0 Å². The molecule has 3 N–H and O–H groups in total. The van der Waals surface area contributed by atoms with Gasteiger partial charge in [-0.2, -0.15) is 0 Å². The van der Waals surface area contributed by atoms with Crippen LogP contribution in [-0.2, 0) is 4.74 Å². The number of nitrogens with one attached hydrogen (secondary N) is 1. The van der Waals surface area contributed by atoms with Gasteiger partial charge in [0.15, 0.2) is 0 Å².